The fourth-order valence-electron chi connectivity index (χ4n) is 5.15. The Morgan fingerprint density at radius 3 is 2.20 bits per heavy atom. The molecule has 0 aliphatic carbocycles. The van der Waals surface area contributed by atoms with E-state index >= 15 is 0 Å². The molecule has 3 aromatic carbocycles. The fraction of sp³-hybridized carbons (Fsp3) is 0.367. The Labute approximate surface area is 208 Å². The number of fused-ring (bicyclic) bond motifs is 1. The normalized spacial score (nSPS) is 15.8. The summed E-state index contributed by atoms with van der Waals surface area (Å²) in [5.74, 6) is 1.45. The third kappa shape index (κ3) is 6.04. The molecular formula is C30H34N2O3. The van der Waals surface area contributed by atoms with Gasteiger partial charge in [-0.15, -0.1) is 0 Å². The number of nitrogens with zero attached hydrogens (tertiary/aromatic N) is 2. The molecule has 0 atom stereocenters. The van der Waals surface area contributed by atoms with Gasteiger partial charge in [-0.25, -0.2) is 0 Å². The van der Waals surface area contributed by atoms with Crippen molar-refractivity contribution >= 4 is 5.91 Å². The zero-order valence-corrected chi connectivity index (χ0v) is 20.3. The van der Waals surface area contributed by atoms with E-state index in [4.69, 9.17) is 9.47 Å². The largest absolute Gasteiger partial charge is 0.454 e. The molecule has 182 valence electrons. The third-order valence-corrected chi connectivity index (χ3v) is 7.15. The molecule has 5 heteroatoms. The van der Waals surface area contributed by atoms with Crippen LogP contribution in [0.4, 0.5) is 0 Å². The first-order valence-electron chi connectivity index (χ1n) is 12.8. The molecule has 3 aromatic rings. The summed E-state index contributed by atoms with van der Waals surface area (Å²) in [6.07, 6.45) is 5.16. The van der Waals surface area contributed by atoms with Gasteiger partial charge < -0.3 is 19.3 Å². The van der Waals surface area contributed by atoms with Crippen LogP contribution in [-0.2, 0) is 12.8 Å². The third-order valence-electron chi connectivity index (χ3n) is 7.15. The molecule has 0 spiro atoms. The van der Waals surface area contributed by atoms with Gasteiger partial charge in [0.1, 0.15) is 0 Å². The molecule has 35 heavy (non-hydrogen) atoms. The number of carbonyl (C=O) groups is 1. The number of carbonyl (C=O) groups excluding carboxylic acids is 1. The highest BCUT2D eigenvalue weighted by molar-refractivity contribution is 5.95. The molecule has 1 fully saturated rings. The zero-order chi connectivity index (χ0) is 23.9. The van der Waals surface area contributed by atoms with Crippen LogP contribution >= 0.6 is 0 Å². The number of aryl methyl sites for hydroxylation is 1. The molecule has 2 aliphatic heterocycles. The Morgan fingerprint density at radius 2 is 1.49 bits per heavy atom. The highest BCUT2D eigenvalue weighted by Gasteiger charge is 2.29. The quantitative estimate of drug-likeness (QED) is 0.431. The Morgan fingerprint density at radius 1 is 0.829 bits per heavy atom. The molecule has 1 amide bonds. The van der Waals surface area contributed by atoms with Gasteiger partial charge in [-0.1, -0.05) is 60.7 Å². The molecule has 5 nitrogen and oxygen atoms in total. The lowest BCUT2D eigenvalue weighted by atomic mass is 10.00. The second-order valence-corrected chi connectivity index (χ2v) is 9.46. The number of ether oxygens (including phenoxy) is 2. The second kappa shape index (κ2) is 11.4. The van der Waals surface area contributed by atoms with Crippen molar-refractivity contribution in [3.8, 4) is 11.5 Å². The van der Waals surface area contributed by atoms with E-state index in [0.29, 0.717) is 17.1 Å². The number of hydrogen-bond donors (Lipinski definition) is 0. The van der Waals surface area contributed by atoms with Crippen molar-refractivity contribution in [2.24, 2.45) is 0 Å². The number of rotatable bonds is 9. The van der Waals surface area contributed by atoms with Crippen LogP contribution in [0.3, 0.4) is 0 Å². The Balaban J connectivity index is 1.21. The maximum absolute atomic E-state index is 13.7. The SMILES string of the molecule is O=C(c1ccc2c(c1)OCO2)N(CCc1ccccc1)C1CCN(CCCc2ccccc2)CC1. The van der Waals surface area contributed by atoms with Gasteiger partial charge in [0.15, 0.2) is 11.5 Å². The number of benzene rings is 3. The van der Waals surface area contributed by atoms with Gasteiger partial charge in [0.2, 0.25) is 6.79 Å². The van der Waals surface area contributed by atoms with Crippen molar-refractivity contribution in [1.29, 1.82) is 0 Å². The number of likely N-dealkylation sites (tertiary alicyclic amines) is 1. The van der Waals surface area contributed by atoms with E-state index in [-0.39, 0.29) is 18.7 Å². The standard InChI is InChI=1S/C30H34N2O3/c33-30(26-13-14-28-29(22-26)35-23-34-28)32(21-15-25-10-5-2-6-11-25)27-16-19-31(20-17-27)18-7-12-24-8-3-1-4-9-24/h1-6,8-11,13-14,22,27H,7,12,15-21,23H2. The summed E-state index contributed by atoms with van der Waals surface area (Å²) in [6.45, 7) is 4.12. The van der Waals surface area contributed by atoms with Gasteiger partial charge in [-0.3, -0.25) is 4.79 Å². The van der Waals surface area contributed by atoms with Crippen molar-refractivity contribution in [3.63, 3.8) is 0 Å². The average molecular weight is 471 g/mol. The van der Waals surface area contributed by atoms with E-state index in [2.05, 4.69) is 64.4 Å². The lowest BCUT2D eigenvalue weighted by Gasteiger charge is -2.39. The first kappa shape index (κ1) is 23.4. The predicted octanol–water partition coefficient (Wildman–Crippen LogP) is 5.20. The molecular weight excluding hydrogens is 436 g/mol. The summed E-state index contributed by atoms with van der Waals surface area (Å²) < 4.78 is 11.0. The van der Waals surface area contributed by atoms with Crippen LogP contribution in [0.2, 0.25) is 0 Å². The van der Waals surface area contributed by atoms with Crippen LogP contribution in [0.5, 0.6) is 11.5 Å². The Bertz CT molecular complexity index is 1100. The lowest BCUT2D eigenvalue weighted by molar-refractivity contribution is 0.0574. The maximum atomic E-state index is 13.7. The molecule has 2 aliphatic rings. The van der Waals surface area contributed by atoms with Gasteiger partial charge >= 0.3 is 0 Å². The molecule has 0 bridgehead atoms. The minimum Gasteiger partial charge on any atom is -0.454 e. The number of amides is 1. The maximum Gasteiger partial charge on any atom is 0.254 e. The van der Waals surface area contributed by atoms with Crippen LogP contribution in [-0.4, -0.2) is 54.7 Å². The smallest absolute Gasteiger partial charge is 0.254 e. The van der Waals surface area contributed by atoms with E-state index < -0.39 is 0 Å². The van der Waals surface area contributed by atoms with Crippen molar-refractivity contribution in [3.05, 3.63) is 95.6 Å². The van der Waals surface area contributed by atoms with Crippen molar-refractivity contribution < 1.29 is 14.3 Å². The predicted molar refractivity (Wildman–Crippen MR) is 138 cm³/mol. The Kier molecular flexibility index (Phi) is 7.64. The lowest BCUT2D eigenvalue weighted by Crippen LogP contribution is -2.48. The van der Waals surface area contributed by atoms with Crippen molar-refractivity contribution in [1.82, 2.24) is 9.80 Å². The summed E-state index contributed by atoms with van der Waals surface area (Å²) in [4.78, 5) is 18.4. The van der Waals surface area contributed by atoms with E-state index in [9.17, 15) is 4.79 Å². The molecule has 2 heterocycles. The van der Waals surface area contributed by atoms with Gasteiger partial charge in [0.25, 0.3) is 5.91 Å². The van der Waals surface area contributed by atoms with Gasteiger partial charge in [0.05, 0.1) is 0 Å². The first-order valence-corrected chi connectivity index (χ1v) is 12.8. The summed E-state index contributed by atoms with van der Waals surface area (Å²) in [5, 5.41) is 0. The van der Waals surface area contributed by atoms with E-state index in [1.165, 1.54) is 17.5 Å². The highest BCUT2D eigenvalue weighted by atomic mass is 16.7. The topological polar surface area (TPSA) is 42.0 Å². The monoisotopic (exact) mass is 470 g/mol. The number of hydrogen-bond acceptors (Lipinski definition) is 4. The highest BCUT2D eigenvalue weighted by Crippen LogP contribution is 2.33. The van der Waals surface area contributed by atoms with E-state index in [1.807, 2.05) is 24.3 Å². The van der Waals surface area contributed by atoms with Gasteiger partial charge in [-0.2, -0.15) is 0 Å². The van der Waals surface area contributed by atoms with Gasteiger partial charge in [0, 0.05) is 31.2 Å². The molecule has 1 saturated heterocycles. The zero-order valence-electron chi connectivity index (χ0n) is 20.3. The summed E-state index contributed by atoms with van der Waals surface area (Å²) in [5.41, 5.74) is 3.34. The molecule has 0 unspecified atom stereocenters. The van der Waals surface area contributed by atoms with Crippen molar-refractivity contribution in [2.75, 3.05) is 33.0 Å². The summed E-state index contributed by atoms with van der Waals surface area (Å²) >= 11 is 0. The molecule has 0 saturated carbocycles. The van der Waals surface area contributed by atoms with Crippen LogP contribution in [0, 0.1) is 0 Å². The summed E-state index contributed by atoms with van der Waals surface area (Å²) in [6, 6.07) is 26.9. The van der Waals surface area contributed by atoms with Gasteiger partial charge in [-0.05, 0) is 68.0 Å². The number of piperidine rings is 1. The molecule has 0 aromatic heterocycles. The minimum absolute atomic E-state index is 0.0850. The molecule has 0 radical (unpaired) electrons. The van der Waals surface area contributed by atoms with E-state index in [1.54, 1.807) is 0 Å². The van der Waals surface area contributed by atoms with Crippen LogP contribution < -0.4 is 9.47 Å². The summed E-state index contributed by atoms with van der Waals surface area (Å²) in [7, 11) is 0. The van der Waals surface area contributed by atoms with Crippen LogP contribution in [0.1, 0.15) is 40.7 Å². The molecule has 5 rings (SSSR count). The molecule has 0 N–H and O–H groups in total. The first-order chi connectivity index (χ1) is 17.3. The van der Waals surface area contributed by atoms with Crippen LogP contribution in [0.15, 0.2) is 78.9 Å². The van der Waals surface area contributed by atoms with Crippen molar-refractivity contribution in [2.45, 2.75) is 38.1 Å². The Hall–Kier alpha value is -3.31. The van der Waals surface area contributed by atoms with Crippen LogP contribution in [0.25, 0.3) is 0 Å². The average Bonchev–Trinajstić information content (AvgIpc) is 3.39. The van der Waals surface area contributed by atoms with E-state index in [0.717, 1.165) is 51.9 Å². The fourth-order valence-corrected chi connectivity index (χ4v) is 5.15. The second-order valence-electron chi connectivity index (χ2n) is 9.46. The minimum atomic E-state index is 0.0850.